The van der Waals surface area contributed by atoms with Gasteiger partial charge in [-0.1, -0.05) is 13.8 Å². The highest BCUT2D eigenvalue weighted by atomic mass is 79.9. The molecule has 100 valence electrons. The van der Waals surface area contributed by atoms with Crippen molar-refractivity contribution >= 4 is 21.7 Å². The number of hydrogen-bond donors (Lipinski definition) is 1. The van der Waals surface area contributed by atoms with Gasteiger partial charge in [0.15, 0.2) is 0 Å². The normalized spacial score (nSPS) is 19.0. The molecule has 0 atom stereocenters. The summed E-state index contributed by atoms with van der Waals surface area (Å²) in [5, 5.41) is 3.22. The first kappa shape index (κ1) is 13.8. The van der Waals surface area contributed by atoms with Gasteiger partial charge in [0.05, 0.1) is 0 Å². The smallest absolute Gasteiger partial charge is 0.133 e. The minimum Gasteiger partial charge on any atom is -0.356 e. The van der Waals surface area contributed by atoms with Gasteiger partial charge in [0.1, 0.15) is 5.82 Å². The van der Waals surface area contributed by atoms with E-state index in [4.69, 9.17) is 0 Å². The first-order valence-corrected chi connectivity index (χ1v) is 7.35. The Morgan fingerprint density at radius 2 is 2.28 bits per heavy atom. The lowest BCUT2D eigenvalue weighted by molar-refractivity contribution is 0.291. The Labute approximate surface area is 118 Å². The molecular formula is C14H22BrN3. The molecule has 0 aliphatic carbocycles. The molecule has 0 radical (unpaired) electrons. The molecule has 1 aromatic rings. The molecule has 0 bridgehead atoms. The molecule has 18 heavy (non-hydrogen) atoms. The predicted molar refractivity (Wildman–Crippen MR) is 79.9 cm³/mol. The van der Waals surface area contributed by atoms with E-state index in [0.717, 1.165) is 29.9 Å². The molecule has 1 aliphatic rings. The molecular weight excluding hydrogens is 290 g/mol. The van der Waals surface area contributed by atoms with Gasteiger partial charge in [0.2, 0.25) is 0 Å². The minimum atomic E-state index is 0.393. The minimum absolute atomic E-state index is 0.393. The van der Waals surface area contributed by atoms with E-state index in [9.17, 15) is 0 Å². The van der Waals surface area contributed by atoms with Gasteiger partial charge in [-0.05, 0) is 47.3 Å². The van der Waals surface area contributed by atoms with Crippen molar-refractivity contribution in [2.24, 2.45) is 5.41 Å². The number of piperidine rings is 1. The third-order valence-corrected chi connectivity index (χ3v) is 3.91. The van der Waals surface area contributed by atoms with E-state index in [1.807, 2.05) is 13.2 Å². The van der Waals surface area contributed by atoms with Crippen LogP contribution in [0.2, 0.25) is 0 Å². The second-order valence-corrected chi connectivity index (χ2v) is 6.77. The van der Waals surface area contributed by atoms with Crippen LogP contribution in [0, 0.1) is 5.41 Å². The van der Waals surface area contributed by atoms with Crippen molar-refractivity contribution in [3.05, 3.63) is 22.3 Å². The van der Waals surface area contributed by atoms with Crippen LogP contribution in [0.5, 0.6) is 0 Å². The summed E-state index contributed by atoms with van der Waals surface area (Å²) in [5.41, 5.74) is 1.66. The maximum Gasteiger partial charge on any atom is 0.133 e. The van der Waals surface area contributed by atoms with E-state index < -0.39 is 0 Å². The van der Waals surface area contributed by atoms with Crippen molar-refractivity contribution in [3.63, 3.8) is 0 Å². The zero-order valence-electron chi connectivity index (χ0n) is 11.5. The predicted octanol–water partition coefficient (Wildman–Crippen LogP) is 3.19. The summed E-state index contributed by atoms with van der Waals surface area (Å²) in [5.74, 6) is 1.14. The topological polar surface area (TPSA) is 28.2 Å². The Hall–Kier alpha value is -0.610. The number of hydrogen-bond acceptors (Lipinski definition) is 3. The van der Waals surface area contributed by atoms with Crippen LogP contribution in [0.1, 0.15) is 32.3 Å². The van der Waals surface area contributed by atoms with Gasteiger partial charge in [0.25, 0.3) is 0 Å². The summed E-state index contributed by atoms with van der Waals surface area (Å²) in [4.78, 5) is 7.06. The molecule has 1 saturated heterocycles. The highest BCUT2D eigenvalue weighted by Crippen LogP contribution is 2.32. The van der Waals surface area contributed by atoms with Gasteiger partial charge < -0.3 is 10.2 Å². The number of halogens is 1. The molecule has 0 saturated carbocycles. The molecule has 0 aromatic carbocycles. The Morgan fingerprint density at radius 3 is 2.94 bits per heavy atom. The molecule has 2 rings (SSSR count). The number of aromatic nitrogens is 1. The Balaban J connectivity index is 2.26. The maximum absolute atomic E-state index is 4.63. The standard InChI is InChI=1S/C14H22BrN3/c1-14(2)5-4-6-18(10-14)13-11(8-16-3)7-12(15)9-17-13/h7,9,16H,4-6,8,10H2,1-3H3. The van der Waals surface area contributed by atoms with E-state index in [1.165, 1.54) is 18.4 Å². The average molecular weight is 312 g/mol. The van der Waals surface area contributed by atoms with Crippen molar-refractivity contribution < 1.29 is 0 Å². The van der Waals surface area contributed by atoms with Crippen LogP contribution in [0.3, 0.4) is 0 Å². The van der Waals surface area contributed by atoms with Gasteiger partial charge in [-0.2, -0.15) is 0 Å². The highest BCUT2D eigenvalue weighted by Gasteiger charge is 2.28. The van der Waals surface area contributed by atoms with Gasteiger partial charge in [-0.25, -0.2) is 4.98 Å². The summed E-state index contributed by atoms with van der Waals surface area (Å²) in [7, 11) is 1.98. The fourth-order valence-corrected chi connectivity index (χ4v) is 3.06. The second kappa shape index (κ2) is 5.57. The number of nitrogens with one attached hydrogen (secondary N) is 1. The van der Waals surface area contributed by atoms with Crippen LogP contribution in [0.15, 0.2) is 16.7 Å². The van der Waals surface area contributed by atoms with Crippen molar-refractivity contribution in [1.82, 2.24) is 10.3 Å². The number of nitrogens with zero attached hydrogens (tertiary/aromatic N) is 2. The summed E-state index contributed by atoms with van der Waals surface area (Å²) in [6, 6.07) is 2.17. The molecule has 0 amide bonds. The zero-order chi connectivity index (χ0) is 13.2. The lowest BCUT2D eigenvalue weighted by Gasteiger charge is -2.39. The number of pyridine rings is 1. The average Bonchev–Trinajstić information content (AvgIpc) is 2.28. The fourth-order valence-electron chi connectivity index (χ4n) is 2.68. The third kappa shape index (κ3) is 3.23. The quantitative estimate of drug-likeness (QED) is 0.929. The molecule has 3 nitrogen and oxygen atoms in total. The molecule has 4 heteroatoms. The van der Waals surface area contributed by atoms with Crippen LogP contribution in [-0.4, -0.2) is 25.1 Å². The van der Waals surface area contributed by atoms with E-state index in [2.05, 4.69) is 51.0 Å². The lowest BCUT2D eigenvalue weighted by atomic mass is 9.84. The van der Waals surface area contributed by atoms with Gasteiger partial charge in [-0.15, -0.1) is 0 Å². The summed E-state index contributed by atoms with van der Waals surface area (Å²) < 4.78 is 1.05. The van der Waals surface area contributed by atoms with Crippen LogP contribution in [-0.2, 0) is 6.54 Å². The third-order valence-electron chi connectivity index (χ3n) is 3.48. The largest absolute Gasteiger partial charge is 0.356 e. The first-order chi connectivity index (χ1) is 8.52. The maximum atomic E-state index is 4.63. The van der Waals surface area contributed by atoms with E-state index in [0.29, 0.717) is 5.41 Å². The van der Waals surface area contributed by atoms with Crippen molar-refractivity contribution in [3.8, 4) is 0 Å². The Kier molecular flexibility index (Phi) is 4.28. The molecule has 2 heterocycles. The molecule has 1 fully saturated rings. The zero-order valence-corrected chi connectivity index (χ0v) is 13.0. The molecule has 1 N–H and O–H groups in total. The van der Waals surface area contributed by atoms with Crippen LogP contribution >= 0.6 is 15.9 Å². The fraction of sp³-hybridized carbons (Fsp3) is 0.643. The summed E-state index contributed by atoms with van der Waals surface area (Å²) >= 11 is 3.50. The van der Waals surface area contributed by atoms with Crippen LogP contribution in [0.25, 0.3) is 0 Å². The van der Waals surface area contributed by atoms with E-state index in [-0.39, 0.29) is 0 Å². The Bertz CT molecular complexity index is 418. The Morgan fingerprint density at radius 1 is 1.50 bits per heavy atom. The number of anilines is 1. The molecule has 1 aromatic heterocycles. The van der Waals surface area contributed by atoms with Crippen molar-refractivity contribution in [2.75, 3.05) is 25.0 Å². The van der Waals surface area contributed by atoms with Gasteiger partial charge in [0, 0.05) is 35.9 Å². The molecule has 0 spiro atoms. The van der Waals surface area contributed by atoms with Crippen LogP contribution in [0.4, 0.5) is 5.82 Å². The first-order valence-electron chi connectivity index (χ1n) is 6.56. The van der Waals surface area contributed by atoms with Crippen molar-refractivity contribution in [1.29, 1.82) is 0 Å². The van der Waals surface area contributed by atoms with Gasteiger partial charge in [-0.3, -0.25) is 0 Å². The summed E-state index contributed by atoms with van der Waals surface area (Å²) in [6.07, 6.45) is 4.46. The lowest BCUT2D eigenvalue weighted by Crippen LogP contribution is -2.41. The highest BCUT2D eigenvalue weighted by molar-refractivity contribution is 9.10. The monoisotopic (exact) mass is 311 g/mol. The summed E-state index contributed by atoms with van der Waals surface area (Å²) in [6.45, 7) is 7.76. The SMILES string of the molecule is CNCc1cc(Br)cnc1N1CCCC(C)(C)C1. The van der Waals surface area contributed by atoms with Gasteiger partial charge >= 0.3 is 0 Å². The molecule has 1 aliphatic heterocycles. The van der Waals surface area contributed by atoms with E-state index >= 15 is 0 Å². The van der Waals surface area contributed by atoms with Crippen LogP contribution < -0.4 is 10.2 Å². The van der Waals surface area contributed by atoms with E-state index in [1.54, 1.807) is 0 Å². The second-order valence-electron chi connectivity index (χ2n) is 5.86. The number of rotatable bonds is 3. The molecule has 0 unspecified atom stereocenters. The van der Waals surface area contributed by atoms with Crippen molar-refractivity contribution in [2.45, 2.75) is 33.2 Å².